The van der Waals surface area contributed by atoms with Gasteiger partial charge < -0.3 is 20.3 Å². The normalized spacial score (nSPS) is 19.6. The molecule has 1 heterocycles. The number of hydrogen-bond acceptors (Lipinski definition) is 4. The van der Waals surface area contributed by atoms with E-state index in [1.165, 1.54) is 19.3 Å². The summed E-state index contributed by atoms with van der Waals surface area (Å²) in [6.07, 6.45) is 7.42. The zero-order valence-corrected chi connectivity index (χ0v) is 18.2. The first-order chi connectivity index (χ1) is 14.5. The molecule has 30 heavy (non-hydrogen) atoms. The topological polar surface area (TPSA) is 87.7 Å². The number of carbonyl (C=O) groups is 3. The molecule has 2 fully saturated rings. The van der Waals surface area contributed by atoms with E-state index >= 15 is 0 Å². The lowest BCUT2D eigenvalue weighted by atomic mass is 9.94. The average molecular weight is 436 g/mol. The van der Waals surface area contributed by atoms with Crippen molar-refractivity contribution in [2.75, 3.05) is 25.0 Å². The first kappa shape index (κ1) is 22.4. The van der Waals surface area contributed by atoms with Crippen molar-refractivity contribution in [3.05, 3.63) is 28.8 Å². The number of carbonyl (C=O) groups excluding carboxylic acids is 3. The third-order valence-electron chi connectivity index (χ3n) is 5.84. The highest BCUT2D eigenvalue weighted by Gasteiger charge is 2.36. The van der Waals surface area contributed by atoms with Gasteiger partial charge in [-0.3, -0.25) is 9.59 Å². The molecule has 164 valence electrons. The van der Waals surface area contributed by atoms with Gasteiger partial charge in [0.2, 0.25) is 5.91 Å². The Labute approximate surface area is 182 Å². The van der Waals surface area contributed by atoms with E-state index in [-0.39, 0.29) is 25.0 Å². The van der Waals surface area contributed by atoms with Crippen LogP contribution in [0.3, 0.4) is 0 Å². The Balaban J connectivity index is 1.52. The van der Waals surface area contributed by atoms with Gasteiger partial charge in [-0.25, -0.2) is 4.79 Å². The lowest BCUT2D eigenvalue weighted by Gasteiger charge is -2.31. The molecular formula is C22H30ClN3O4. The Kier molecular flexibility index (Phi) is 7.96. The number of benzene rings is 1. The molecule has 2 N–H and O–H groups in total. The standard InChI is InChI=1S/C22H30ClN3O4/c1-2-30-20(27)14-24-22(29)25-17-9-8-15(19(23)13-17)12-16-10-11-26(21(16)28)18-6-4-3-5-7-18/h8-9,13,16,18H,2-7,10-12,14H2,1H3,(H2,24,25,29). The van der Waals surface area contributed by atoms with E-state index in [4.69, 9.17) is 16.3 Å². The molecular weight excluding hydrogens is 406 g/mol. The number of hydrogen-bond donors (Lipinski definition) is 2. The van der Waals surface area contributed by atoms with Crippen LogP contribution in [0, 0.1) is 5.92 Å². The number of esters is 1. The molecule has 7 nitrogen and oxygen atoms in total. The molecule has 2 aliphatic rings. The Morgan fingerprint density at radius 2 is 1.97 bits per heavy atom. The van der Waals surface area contributed by atoms with Gasteiger partial charge in [-0.1, -0.05) is 36.9 Å². The van der Waals surface area contributed by atoms with Gasteiger partial charge in [0.15, 0.2) is 0 Å². The van der Waals surface area contributed by atoms with Gasteiger partial charge in [0.25, 0.3) is 0 Å². The van der Waals surface area contributed by atoms with E-state index in [0.29, 0.717) is 23.2 Å². The van der Waals surface area contributed by atoms with Gasteiger partial charge in [-0.05, 0) is 50.3 Å². The van der Waals surface area contributed by atoms with Crippen molar-refractivity contribution in [3.8, 4) is 0 Å². The van der Waals surface area contributed by atoms with E-state index in [1.54, 1.807) is 19.1 Å². The molecule has 1 aliphatic carbocycles. The van der Waals surface area contributed by atoms with Crippen LogP contribution in [0.15, 0.2) is 18.2 Å². The predicted molar refractivity (Wildman–Crippen MR) is 116 cm³/mol. The fourth-order valence-corrected chi connectivity index (χ4v) is 4.56. The Morgan fingerprint density at radius 1 is 1.20 bits per heavy atom. The number of anilines is 1. The first-order valence-corrected chi connectivity index (χ1v) is 11.1. The number of nitrogens with one attached hydrogen (secondary N) is 2. The van der Waals surface area contributed by atoms with Crippen molar-refractivity contribution in [2.24, 2.45) is 5.92 Å². The third-order valence-corrected chi connectivity index (χ3v) is 6.19. The molecule has 0 spiro atoms. The van der Waals surface area contributed by atoms with Crippen molar-refractivity contribution in [3.63, 3.8) is 0 Å². The van der Waals surface area contributed by atoms with E-state index in [1.807, 2.05) is 6.07 Å². The van der Waals surface area contributed by atoms with E-state index in [2.05, 4.69) is 15.5 Å². The lowest BCUT2D eigenvalue weighted by Crippen LogP contribution is -2.39. The average Bonchev–Trinajstić information content (AvgIpc) is 3.09. The zero-order valence-electron chi connectivity index (χ0n) is 17.4. The van der Waals surface area contributed by atoms with Gasteiger partial charge in [-0.15, -0.1) is 0 Å². The molecule has 1 saturated carbocycles. The number of likely N-dealkylation sites (tertiary alicyclic amines) is 1. The van der Waals surface area contributed by atoms with Crippen LogP contribution in [-0.4, -0.2) is 48.5 Å². The fourth-order valence-electron chi connectivity index (χ4n) is 4.30. The number of amides is 3. The molecule has 3 amide bonds. The monoisotopic (exact) mass is 435 g/mol. The minimum Gasteiger partial charge on any atom is -0.465 e. The molecule has 1 unspecified atom stereocenters. The molecule has 1 aromatic rings. The van der Waals surface area contributed by atoms with Gasteiger partial charge >= 0.3 is 12.0 Å². The van der Waals surface area contributed by atoms with Crippen molar-refractivity contribution < 1.29 is 19.1 Å². The van der Waals surface area contributed by atoms with Crippen LogP contribution in [0.5, 0.6) is 0 Å². The van der Waals surface area contributed by atoms with Crippen LogP contribution < -0.4 is 10.6 Å². The molecule has 8 heteroatoms. The molecule has 0 radical (unpaired) electrons. The van der Waals surface area contributed by atoms with E-state index in [9.17, 15) is 14.4 Å². The second-order valence-electron chi connectivity index (χ2n) is 7.93. The molecule has 1 aromatic carbocycles. The fraction of sp³-hybridized carbons (Fsp3) is 0.591. The number of urea groups is 1. The van der Waals surface area contributed by atoms with Gasteiger partial charge in [0.05, 0.1) is 6.61 Å². The highest BCUT2D eigenvalue weighted by atomic mass is 35.5. The summed E-state index contributed by atoms with van der Waals surface area (Å²) in [5.41, 5.74) is 1.42. The SMILES string of the molecule is CCOC(=O)CNC(=O)Nc1ccc(CC2CCN(C3CCCCC3)C2=O)c(Cl)c1. The minimum atomic E-state index is -0.513. The van der Waals surface area contributed by atoms with Crippen LogP contribution in [0.25, 0.3) is 0 Å². The Bertz CT molecular complexity index is 780. The molecule has 1 atom stereocenters. The molecule has 0 bridgehead atoms. The summed E-state index contributed by atoms with van der Waals surface area (Å²) in [5.74, 6) is -0.279. The van der Waals surface area contributed by atoms with E-state index in [0.717, 1.165) is 31.4 Å². The minimum absolute atomic E-state index is 0.0314. The van der Waals surface area contributed by atoms with Gasteiger partial charge in [-0.2, -0.15) is 0 Å². The number of ether oxygens (including phenoxy) is 1. The summed E-state index contributed by atoms with van der Waals surface area (Å²) < 4.78 is 4.76. The highest BCUT2D eigenvalue weighted by molar-refractivity contribution is 6.31. The summed E-state index contributed by atoms with van der Waals surface area (Å²) in [6, 6.07) is 5.16. The van der Waals surface area contributed by atoms with Crippen LogP contribution in [-0.2, 0) is 20.7 Å². The number of nitrogens with zero attached hydrogens (tertiary/aromatic N) is 1. The summed E-state index contributed by atoms with van der Waals surface area (Å²) in [7, 11) is 0. The van der Waals surface area contributed by atoms with Crippen molar-refractivity contribution in [1.82, 2.24) is 10.2 Å². The molecule has 0 aromatic heterocycles. The quantitative estimate of drug-likeness (QED) is 0.638. The number of halogens is 1. The van der Waals surface area contributed by atoms with Crippen molar-refractivity contribution in [1.29, 1.82) is 0 Å². The summed E-state index contributed by atoms with van der Waals surface area (Å²) in [5, 5.41) is 5.59. The molecule has 1 aliphatic heterocycles. The maximum absolute atomic E-state index is 12.9. The van der Waals surface area contributed by atoms with Crippen molar-refractivity contribution in [2.45, 2.75) is 57.9 Å². The summed E-state index contributed by atoms with van der Waals surface area (Å²) >= 11 is 6.42. The maximum atomic E-state index is 12.9. The Hall–Kier alpha value is -2.28. The number of rotatable bonds is 7. The Morgan fingerprint density at radius 3 is 2.67 bits per heavy atom. The smallest absolute Gasteiger partial charge is 0.325 e. The molecule has 3 rings (SSSR count). The predicted octanol–water partition coefficient (Wildman–Crippen LogP) is 3.75. The maximum Gasteiger partial charge on any atom is 0.325 e. The second kappa shape index (κ2) is 10.7. The first-order valence-electron chi connectivity index (χ1n) is 10.8. The second-order valence-corrected chi connectivity index (χ2v) is 8.34. The summed E-state index contributed by atoms with van der Waals surface area (Å²) in [4.78, 5) is 38.2. The third kappa shape index (κ3) is 5.88. The highest BCUT2D eigenvalue weighted by Crippen LogP contribution is 2.32. The van der Waals surface area contributed by atoms with Gasteiger partial charge in [0, 0.05) is 29.2 Å². The van der Waals surface area contributed by atoms with Crippen LogP contribution in [0.1, 0.15) is 51.0 Å². The van der Waals surface area contributed by atoms with Crippen LogP contribution in [0.2, 0.25) is 5.02 Å². The largest absolute Gasteiger partial charge is 0.465 e. The van der Waals surface area contributed by atoms with Gasteiger partial charge in [0.1, 0.15) is 6.54 Å². The zero-order chi connectivity index (χ0) is 21.5. The van der Waals surface area contributed by atoms with E-state index < -0.39 is 12.0 Å². The molecule has 1 saturated heterocycles. The lowest BCUT2D eigenvalue weighted by molar-refractivity contribution is -0.141. The van der Waals surface area contributed by atoms with Crippen LogP contribution in [0.4, 0.5) is 10.5 Å². The van der Waals surface area contributed by atoms with Crippen molar-refractivity contribution >= 4 is 35.2 Å². The van der Waals surface area contributed by atoms with Crippen LogP contribution >= 0.6 is 11.6 Å². The summed E-state index contributed by atoms with van der Waals surface area (Å²) in [6.45, 7) is 2.61.